The summed E-state index contributed by atoms with van der Waals surface area (Å²) in [6.07, 6.45) is -0.534. The molecule has 1 aliphatic heterocycles. The van der Waals surface area contributed by atoms with Crippen LogP contribution in [0.5, 0.6) is 5.75 Å². The summed E-state index contributed by atoms with van der Waals surface area (Å²) in [7, 11) is 0. The van der Waals surface area contributed by atoms with Gasteiger partial charge in [-0.25, -0.2) is 0 Å². The Hall–Kier alpha value is -1.40. The van der Waals surface area contributed by atoms with Crippen LogP contribution in [0.1, 0.15) is 29.7 Å². The van der Waals surface area contributed by atoms with Crippen LogP contribution in [-0.2, 0) is 4.74 Å². The van der Waals surface area contributed by atoms with Gasteiger partial charge >= 0.3 is 0 Å². The van der Waals surface area contributed by atoms with Crippen molar-refractivity contribution in [3.05, 3.63) is 63.6 Å². The molecule has 0 saturated carbocycles. The molecule has 2 aromatic rings. The molecule has 0 aliphatic carbocycles. The van der Waals surface area contributed by atoms with Crippen LogP contribution in [0.4, 0.5) is 0 Å². The smallest absolute Gasteiger partial charge is 0.125 e. The minimum Gasteiger partial charge on any atom is -0.490 e. The van der Waals surface area contributed by atoms with Gasteiger partial charge in [-0.15, -0.1) is 0 Å². The molecular formula is C22H28BrNO3. The van der Waals surface area contributed by atoms with Gasteiger partial charge in [0.15, 0.2) is 0 Å². The van der Waals surface area contributed by atoms with Crippen molar-refractivity contribution in [2.45, 2.75) is 39.0 Å². The Morgan fingerprint density at radius 1 is 1.19 bits per heavy atom. The summed E-state index contributed by atoms with van der Waals surface area (Å²) in [6.45, 7) is 8.56. The Morgan fingerprint density at radius 3 is 2.52 bits per heavy atom. The van der Waals surface area contributed by atoms with Crippen molar-refractivity contribution >= 4 is 15.9 Å². The Balaban J connectivity index is 1.58. The zero-order valence-electron chi connectivity index (χ0n) is 16.2. The van der Waals surface area contributed by atoms with Crippen molar-refractivity contribution in [2.24, 2.45) is 0 Å². The van der Waals surface area contributed by atoms with E-state index in [0.29, 0.717) is 19.8 Å². The van der Waals surface area contributed by atoms with Crippen LogP contribution in [0.25, 0.3) is 0 Å². The molecule has 0 amide bonds. The number of morpholine rings is 1. The molecule has 0 radical (unpaired) electrons. The summed E-state index contributed by atoms with van der Waals surface area (Å²) in [5.74, 6) is 0.874. The Kier molecular flexibility index (Phi) is 6.93. The molecule has 5 heteroatoms. The Bertz CT molecular complexity index is 729. The maximum Gasteiger partial charge on any atom is 0.125 e. The molecule has 3 atom stereocenters. The molecule has 0 spiro atoms. The standard InChI is InChI=1S/C22H28BrNO3/c1-15-5-4-6-16(2)21(15)27-14-20(25)13-24-11-12-26-22(17(24)3)18-7-9-19(23)10-8-18/h4-10,17,20,22,25H,11-14H2,1-3H3. The first-order valence-corrected chi connectivity index (χ1v) is 10.2. The molecule has 3 rings (SSSR count). The normalized spacial score (nSPS) is 21.8. The van der Waals surface area contributed by atoms with Gasteiger partial charge in [-0.1, -0.05) is 46.3 Å². The number of hydrogen-bond donors (Lipinski definition) is 1. The van der Waals surface area contributed by atoms with Crippen LogP contribution in [0.3, 0.4) is 0 Å². The Labute approximate surface area is 170 Å². The number of aliphatic hydroxyl groups is 1. The maximum absolute atomic E-state index is 10.5. The zero-order chi connectivity index (χ0) is 19.4. The van der Waals surface area contributed by atoms with Gasteiger partial charge < -0.3 is 14.6 Å². The van der Waals surface area contributed by atoms with Gasteiger partial charge in [0.2, 0.25) is 0 Å². The lowest BCUT2D eigenvalue weighted by Gasteiger charge is -2.40. The number of ether oxygens (including phenoxy) is 2. The summed E-state index contributed by atoms with van der Waals surface area (Å²) in [4.78, 5) is 2.29. The number of β-amino-alcohol motifs (C(OH)–C–C–N with tert-alkyl or cyclic N) is 1. The predicted octanol–water partition coefficient (Wildman–Crippen LogP) is 4.27. The lowest BCUT2D eigenvalue weighted by Crippen LogP contribution is -2.49. The number of halogens is 1. The van der Waals surface area contributed by atoms with E-state index in [0.717, 1.165) is 33.5 Å². The minimum absolute atomic E-state index is 0.0126. The molecule has 0 aromatic heterocycles. The third kappa shape index (κ3) is 5.11. The summed E-state index contributed by atoms with van der Waals surface area (Å²) in [6, 6.07) is 14.5. The van der Waals surface area contributed by atoms with Crippen LogP contribution >= 0.6 is 15.9 Å². The highest BCUT2D eigenvalue weighted by atomic mass is 79.9. The molecule has 146 valence electrons. The van der Waals surface area contributed by atoms with Gasteiger partial charge in [-0.2, -0.15) is 0 Å². The summed E-state index contributed by atoms with van der Waals surface area (Å²) >= 11 is 3.48. The molecule has 1 saturated heterocycles. The van der Waals surface area contributed by atoms with E-state index < -0.39 is 6.10 Å². The fourth-order valence-electron chi connectivity index (χ4n) is 3.65. The molecule has 0 bridgehead atoms. The van der Waals surface area contributed by atoms with E-state index >= 15 is 0 Å². The first-order chi connectivity index (χ1) is 13.0. The number of benzene rings is 2. The van der Waals surface area contributed by atoms with Gasteiger partial charge in [-0.3, -0.25) is 4.90 Å². The lowest BCUT2D eigenvalue weighted by molar-refractivity contribution is -0.0805. The third-order valence-electron chi connectivity index (χ3n) is 5.16. The monoisotopic (exact) mass is 433 g/mol. The van der Waals surface area contributed by atoms with Crippen molar-refractivity contribution < 1.29 is 14.6 Å². The molecule has 1 N–H and O–H groups in total. The number of aliphatic hydroxyl groups excluding tert-OH is 1. The fraction of sp³-hybridized carbons (Fsp3) is 0.455. The first-order valence-electron chi connectivity index (χ1n) is 9.44. The molecule has 2 aromatic carbocycles. The predicted molar refractivity (Wildman–Crippen MR) is 111 cm³/mol. The second-order valence-corrected chi connectivity index (χ2v) is 8.18. The molecular weight excluding hydrogens is 406 g/mol. The average molecular weight is 434 g/mol. The SMILES string of the molecule is Cc1cccc(C)c1OCC(O)CN1CCOC(c2ccc(Br)cc2)C1C. The highest BCUT2D eigenvalue weighted by molar-refractivity contribution is 9.10. The number of aryl methyl sites for hydroxylation is 2. The van der Waals surface area contributed by atoms with Crippen molar-refractivity contribution in [2.75, 3.05) is 26.3 Å². The minimum atomic E-state index is -0.546. The highest BCUT2D eigenvalue weighted by Gasteiger charge is 2.31. The summed E-state index contributed by atoms with van der Waals surface area (Å²) in [5.41, 5.74) is 3.35. The van der Waals surface area contributed by atoms with E-state index in [1.54, 1.807) is 0 Å². The van der Waals surface area contributed by atoms with Gasteiger partial charge in [-0.05, 0) is 49.6 Å². The van der Waals surface area contributed by atoms with Gasteiger partial charge in [0.1, 0.15) is 18.5 Å². The van der Waals surface area contributed by atoms with Gasteiger partial charge in [0.05, 0.1) is 12.7 Å². The number of rotatable bonds is 6. The van der Waals surface area contributed by atoms with E-state index in [9.17, 15) is 5.11 Å². The Morgan fingerprint density at radius 2 is 1.85 bits per heavy atom. The molecule has 4 nitrogen and oxygen atoms in total. The van der Waals surface area contributed by atoms with Crippen LogP contribution in [0.15, 0.2) is 46.9 Å². The van der Waals surface area contributed by atoms with Crippen molar-refractivity contribution in [3.63, 3.8) is 0 Å². The maximum atomic E-state index is 10.5. The summed E-state index contributed by atoms with van der Waals surface area (Å²) < 4.78 is 13.0. The first kappa shape index (κ1) is 20.3. The van der Waals surface area contributed by atoms with E-state index in [2.05, 4.69) is 39.9 Å². The molecule has 1 heterocycles. The van der Waals surface area contributed by atoms with Crippen LogP contribution in [-0.4, -0.2) is 48.5 Å². The van der Waals surface area contributed by atoms with Gasteiger partial charge in [0, 0.05) is 23.6 Å². The van der Waals surface area contributed by atoms with Crippen LogP contribution < -0.4 is 4.74 Å². The third-order valence-corrected chi connectivity index (χ3v) is 5.69. The van der Waals surface area contributed by atoms with Crippen LogP contribution in [0, 0.1) is 13.8 Å². The molecule has 27 heavy (non-hydrogen) atoms. The van der Waals surface area contributed by atoms with E-state index in [-0.39, 0.29) is 12.1 Å². The van der Waals surface area contributed by atoms with Crippen molar-refractivity contribution in [1.82, 2.24) is 4.90 Å². The molecule has 3 unspecified atom stereocenters. The highest BCUT2D eigenvalue weighted by Crippen LogP contribution is 2.29. The number of hydrogen-bond acceptors (Lipinski definition) is 4. The topological polar surface area (TPSA) is 41.9 Å². The van der Waals surface area contributed by atoms with E-state index in [1.165, 1.54) is 0 Å². The van der Waals surface area contributed by atoms with Crippen LogP contribution in [0.2, 0.25) is 0 Å². The second kappa shape index (κ2) is 9.20. The van der Waals surface area contributed by atoms with E-state index in [1.807, 2.05) is 44.2 Å². The quantitative estimate of drug-likeness (QED) is 0.738. The van der Waals surface area contributed by atoms with Gasteiger partial charge in [0.25, 0.3) is 0 Å². The number of nitrogens with zero attached hydrogens (tertiary/aromatic N) is 1. The van der Waals surface area contributed by atoms with Crippen molar-refractivity contribution in [3.8, 4) is 5.75 Å². The molecule has 1 fully saturated rings. The average Bonchev–Trinajstić information content (AvgIpc) is 2.64. The summed E-state index contributed by atoms with van der Waals surface area (Å²) in [5, 5.41) is 10.5. The number of para-hydroxylation sites is 1. The fourth-order valence-corrected chi connectivity index (χ4v) is 3.91. The zero-order valence-corrected chi connectivity index (χ0v) is 17.8. The van der Waals surface area contributed by atoms with E-state index in [4.69, 9.17) is 9.47 Å². The molecule has 1 aliphatic rings. The lowest BCUT2D eigenvalue weighted by atomic mass is 10.0. The largest absolute Gasteiger partial charge is 0.490 e. The second-order valence-electron chi connectivity index (χ2n) is 7.26. The van der Waals surface area contributed by atoms with Crippen molar-refractivity contribution in [1.29, 1.82) is 0 Å².